The van der Waals surface area contributed by atoms with E-state index in [1.54, 1.807) is 0 Å². The molecule has 68 valence electrons. The van der Waals surface area contributed by atoms with Gasteiger partial charge in [0, 0.05) is 11.6 Å². The zero-order valence-corrected chi connectivity index (χ0v) is 8.69. The molecule has 13 heavy (non-hydrogen) atoms. The Labute approximate surface area is 84.2 Å². The van der Waals surface area contributed by atoms with Gasteiger partial charge in [0.05, 0.1) is 4.99 Å². The lowest BCUT2D eigenvalue weighted by Crippen LogP contribution is -2.14. The van der Waals surface area contributed by atoms with Gasteiger partial charge in [-0.1, -0.05) is 44.3 Å². The summed E-state index contributed by atoms with van der Waals surface area (Å²) >= 11 is 5.31. The van der Waals surface area contributed by atoms with Gasteiger partial charge >= 0.3 is 0 Å². The molecular formula is C11H13NS. The van der Waals surface area contributed by atoms with Crippen LogP contribution in [0.15, 0.2) is 24.3 Å². The first kappa shape index (κ1) is 8.70. The number of rotatable bonds is 1. The van der Waals surface area contributed by atoms with Gasteiger partial charge in [-0.2, -0.15) is 0 Å². The van der Waals surface area contributed by atoms with E-state index in [4.69, 9.17) is 12.2 Å². The molecule has 0 saturated carbocycles. The number of anilines is 1. The van der Waals surface area contributed by atoms with Crippen molar-refractivity contribution in [3.63, 3.8) is 0 Å². The largest absolute Gasteiger partial charge is 0.349 e. The fraction of sp³-hybridized carbons (Fsp3) is 0.364. The number of hydrogen-bond acceptors (Lipinski definition) is 1. The Balaban J connectivity index is 2.46. The van der Waals surface area contributed by atoms with Crippen molar-refractivity contribution < 1.29 is 0 Å². The van der Waals surface area contributed by atoms with Crippen LogP contribution >= 0.6 is 12.2 Å². The van der Waals surface area contributed by atoms with Crippen molar-refractivity contribution in [3.05, 3.63) is 29.8 Å². The third kappa shape index (κ3) is 1.35. The van der Waals surface area contributed by atoms with Crippen LogP contribution in [0, 0.1) is 5.92 Å². The molecule has 2 rings (SSSR count). The van der Waals surface area contributed by atoms with Crippen LogP contribution in [0.4, 0.5) is 5.69 Å². The lowest BCUT2D eigenvalue weighted by molar-refractivity contribution is 0.615. The number of fused-ring (bicyclic) bond motifs is 1. The molecule has 0 fully saturated rings. The fourth-order valence-electron chi connectivity index (χ4n) is 1.90. The summed E-state index contributed by atoms with van der Waals surface area (Å²) in [7, 11) is 0. The molecule has 0 aromatic heterocycles. The molecule has 1 aliphatic heterocycles. The second-order valence-corrected chi connectivity index (χ2v) is 4.24. The van der Waals surface area contributed by atoms with Gasteiger partial charge in [-0.25, -0.2) is 0 Å². The molecule has 0 saturated heterocycles. The van der Waals surface area contributed by atoms with E-state index in [1.807, 2.05) is 6.07 Å². The highest BCUT2D eigenvalue weighted by Crippen LogP contribution is 2.37. The maximum Gasteiger partial charge on any atom is 0.0876 e. The molecule has 1 heterocycles. The van der Waals surface area contributed by atoms with E-state index in [9.17, 15) is 0 Å². The predicted octanol–water partition coefficient (Wildman–Crippen LogP) is 3.18. The molecule has 1 aromatic carbocycles. The van der Waals surface area contributed by atoms with Gasteiger partial charge in [-0.05, 0) is 17.5 Å². The van der Waals surface area contributed by atoms with Crippen LogP contribution in [-0.2, 0) is 0 Å². The van der Waals surface area contributed by atoms with E-state index < -0.39 is 0 Å². The quantitative estimate of drug-likeness (QED) is 0.684. The van der Waals surface area contributed by atoms with Crippen LogP contribution in [0.5, 0.6) is 0 Å². The van der Waals surface area contributed by atoms with E-state index in [1.165, 1.54) is 11.3 Å². The number of benzene rings is 1. The molecule has 1 atom stereocenters. The van der Waals surface area contributed by atoms with Gasteiger partial charge in [-0.3, -0.25) is 0 Å². The van der Waals surface area contributed by atoms with Crippen molar-refractivity contribution in [2.24, 2.45) is 5.92 Å². The van der Waals surface area contributed by atoms with Crippen molar-refractivity contribution in [1.29, 1.82) is 0 Å². The zero-order valence-electron chi connectivity index (χ0n) is 7.87. The molecule has 0 aliphatic carbocycles. The highest BCUT2D eigenvalue weighted by atomic mass is 32.1. The number of nitrogens with one attached hydrogen (secondary N) is 1. The van der Waals surface area contributed by atoms with Gasteiger partial charge in [0.2, 0.25) is 0 Å². The zero-order chi connectivity index (χ0) is 9.42. The van der Waals surface area contributed by atoms with Crippen LogP contribution in [0.3, 0.4) is 0 Å². The van der Waals surface area contributed by atoms with Crippen LogP contribution < -0.4 is 5.32 Å². The van der Waals surface area contributed by atoms with Gasteiger partial charge in [0.25, 0.3) is 0 Å². The standard InChI is InChI=1S/C11H13NS/c1-7(2)10-8-5-3-4-6-9(8)12-11(10)13/h3-7,10H,1-2H3,(H,12,13). The summed E-state index contributed by atoms with van der Waals surface area (Å²) in [6.07, 6.45) is 0. The summed E-state index contributed by atoms with van der Waals surface area (Å²) < 4.78 is 0. The molecule has 0 amide bonds. The molecule has 1 unspecified atom stereocenters. The van der Waals surface area contributed by atoms with Crippen LogP contribution in [0.25, 0.3) is 0 Å². The third-order valence-electron chi connectivity index (χ3n) is 2.50. The second-order valence-electron chi connectivity index (χ2n) is 3.80. The Bertz CT molecular complexity index is 344. The van der Waals surface area contributed by atoms with Crippen molar-refractivity contribution in [3.8, 4) is 0 Å². The van der Waals surface area contributed by atoms with Crippen molar-refractivity contribution >= 4 is 22.9 Å². The summed E-state index contributed by atoms with van der Waals surface area (Å²) in [5, 5.41) is 3.26. The molecule has 0 radical (unpaired) electrons. The maximum absolute atomic E-state index is 5.31. The Morgan fingerprint density at radius 3 is 2.69 bits per heavy atom. The second kappa shape index (κ2) is 3.11. The molecule has 1 N–H and O–H groups in total. The highest BCUT2D eigenvalue weighted by Gasteiger charge is 2.28. The van der Waals surface area contributed by atoms with E-state index >= 15 is 0 Å². The minimum Gasteiger partial charge on any atom is -0.349 e. The summed E-state index contributed by atoms with van der Waals surface area (Å²) in [5.41, 5.74) is 2.54. The van der Waals surface area contributed by atoms with E-state index in [-0.39, 0.29) is 0 Å². The predicted molar refractivity (Wildman–Crippen MR) is 60.2 cm³/mol. The maximum atomic E-state index is 5.31. The van der Waals surface area contributed by atoms with Crippen molar-refractivity contribution in [2.45, 2.75) is 19.8 Å². The van der Waals surface area contributed by atoms with Gasteiger partial charge in [0.15, 0.2) is 0 Å². The monoisotopic (exact) mass is 191 g/mol. The van der Waals surface area contributed by atoms with Crippen LogP contribution in [-0.4, -0.2) is 4.99 Å². The summed E-state index contributed by atoms with van der Waals surface area (Å²) in [6.45, 7) is 4.42. The topological polar surface area (TPSA) is 12.0 Å². The van der Waals surface area contributed by atoms with Crippen molar-refractivity contribution in [2.75, 3.05) is 5.32 Å². The molecule has 0 spiro atoms. The normalized spacial score (nSPS) is 20.2. The van der Waals surface area contributed by atoms with E-state index in [0.29, 0.717) is 11.8 Å². The first-order valence-corrected chi connectivity index (χ1v) is 5.01. The Kier molecular flexibility index (Phi) is 2.08. The SMILES string of the molecule is CC(C)C1C(=S)Nc2ccccc21. The lowest BCUT2D eigenvalue weighted by Gasteiger charge is -2.14. The average molecular weight is 191 g/mol. The van der Waals surface area contributed by atoms with Gasteiger partial charge in [0.1, 0.15) is 0 Å². The minimum atomic E-state index is 0.409. The molecule has 1 aliphatic rings. The van der Waals surface area contributed by atoms with Crippen LogP contribution in [0.1, 0.15) is 25.3 Å². The fourth-order valence-corrected chi connectivity index (χ4v) is 2.40. The van der Waals surface area contributed by atoms with Gasteiger partial charge < -0.3 is 5.32 Å². The first-order valence-electron chi connectivity index (χ1n) is 4.60. The average Bonchev–Trinajstić information content (AvgIpc) is 2.39. The van der Waals surface area contributed by atoms with Crippen molar-refractivity contribution in [1.82, 2.24) is 0 Å². The first-order chi connectivity index (χ1) is 6.20. The Morgan fingerprint density at radius 1 is 1.31 bits per heavy atom. The molecule has 2 heteroatoms. The summed E-state index contributed by atoms with van der Waals surface area (Å²) in [6, 6.07) is 8.36. The molecular weight excluding hydrogens is 178 g/mol. The minimum absolute atomic E-state index is 0.409. The number of hydrogen-bond donors (Lipinski definition) is 1. The molecule has 1 aromatic rings. The smallest absolute Gasteiger partial charge is 0.0876 e. The van der Waals surface area contributed by atoms with Gasteiger partial charge in [-0.15, -0.1) is 0 Å². The molecule has 0 bridgehead atoms. The Hall–Kier alpha value is -0.890. The number of thiocarbonyl (C=S) groups is 1. The van der Waals surface area contributed by atoms with Crippen LogP contribution in [0.2, 0.25) is 0 Å². The summed E-state index contributed by atoms with van der Waals surface area (Å²) in [5.74, 6) is 0.981. The highest BCUT2D eigenvalue weighted by molar-refractivity contribution is 7.80. The molecule has 1 nitrogen and oxygen atoms in total. The van der Waals surface area contributed by atoms with E-state index in [2.05, 4.69) is 37.4 Å². The summed E-state index contributed by atoms with van der Waals surface area (Å²) in [4.78, 5) is 0.969. The van der Waals surface area contributed by atoms with E-state index in [0.717, 1.165) is 4.99 Å². The Morgan fingerprint density at radius 2 is 2.00 bits per heavy atom. The third-order valence-corrected chi connectivity index (χ3v) is 2.86. The lowest BCUT2D eigenvalue weighted by atomic mass is 9.90. The number of para-hydroxylation sites is 1.